The van der Waals surface area contributed by atoms with Crippen molar-refractivity contribution in [3.05, 3.63) is 64.1 Å². The summed E-state index contributed by atoms with van der Waals surface area (Å²) in [5.74, 6) is 1.43. The maximum atomic E-state index is 4.53. The smallest absolute Gasteiger partial charge is 0.184 e. The van der Waals surface area contributed by atoms with E-state index in [1.165, 1.54) is 4.88 Å². The van der Waals surface area contributed by atoms with Crippen LogP contribution in [-0.4, -0.2) is 25.0 Å². The van der Waals surface area contributed by atoms with Gasteiger partial charge in [0, 0.05) is 4.88 Å². The van der Waals surface area contributed by atoms with Crippen LogP contribution in [0, 0.1) is 6.92 Å². The lowest BCUT2D eigenvalue weighted by Gasteiger charge is -2.06. The summed E-state index contributed by atoms with van der Waals surface area (Å²) in [4.78, 5) is 10.3. The van der Waals surface area contributed by atoms with Crippen molar-refractivity contribution < 1.29 is 0 Å². The number of nitrogens with one attached hydrogen (secondary N) is 1. The fraction of sp³-hybridized carbons (Fsp3) is 0.176. The zero-order valence-corrected chi connectivity index (χ0v) is 14.0. The van der Waals surface area contributed by atoms with Gasteiger partial charge in [0.1, 0.15) is 5.82 Å². The Bertz CT molecular complexity index is 946. The summed E-state index contributed by atoms with van der Waals surface area (Å²) in [7, 11) is 0. The van der Waals surface area contributed by atoms with Gasteiger partial charge in [-0.1, -0.05) is 41.6 Å². The standard InChI is InChI=1S/C17H16N6S/c1-12-19-16(18-10-14-8-5-9-24-14)15-17(20-12)23(22-21-15)11-13-6-3-2-4-7-13/h2-9H,10-11H2,1H3,(H,18,19,20). The molecule has 0 aliphatic heterocycles. The van der Waals surface area contributed by atoms with Crippen LogP contribution < -0.4 is 5.32 Å². The molecule has 0 aliphatic rings. The second-order valence-corrected chi connectivity index (χ2v) is 6.49. The van der Waals surface area contributed by atoms with Crippen molar-refractivity contribution >= 4 is 28.3 Å². The normalized spacial score (nSPS) is 11.0. The van der Waals surface area contributed by atoms with Crippen LogP contribution in [0.3, 0.4) is 0 Å². The van der Waals surface area contributed by atoms with Gasteiger partial charge in [-0.15, -0.1) is 16.4 Å². The van der Waals surface area contributed by atoms with E-state index in [0.29, 0.717) is 17.9 Å². The van der Waals surface area contributed by atoms with E-state index in [4.69, 9.17) is 0 Å². The van der Waals surface area contributed by atoms with Gasteiger partial charge in [-0.05, 0) is 23.9 Å². The van der Waals surface area contributed by atoms with E-state index in [2.05, 4.69) is 49.2 Å². The quantitative estimate of drug-likeness (QED) is 0.606. The van der Waals surface area contributed by atoms with E-state index in [1.807, 2.05) is 35.9 Å². The van der Waals surface area contributed by atoms with Gasteiger partial charge in [-0.25, -0.2) is 14.6 Å². The molecular weight excluding hydrogens is 320 g/mol. The number of thiophene rings is 1. The molecule has 6 nitrogen and oxygen atoms in total. The summed E-state index contributed by atoms with van der Waals surface area (Å²) in [6.07, 6.45) is 0. The minimum absolute atomic E-state index is 0.637. The Morgan fingerprint density at radius 1 is 1.08 bits per heavy atom. The van der Waals surface area contributed by atoms with Crippen LogP contribution in [0.2, 0.25) is 0 Å². The third-order valence-electron chi connectivity index (χ3n) is 3.66. The first-order valence-electron chi connectivity index (χ1n) is 7.67. The van der Waals surface area contributed by atoms with E-state index < -0.39 is 0 Å². The molecule has 3 heterocycles. The van der Waals surface area contributed by atoms with Gasteiger partial charge < -0.3 is 5.32 Å². The minimum atomic E-state index is 0.637. The van der Waals surface area contributed by atoms with Crippen molar-refractivity contribution in [1.82, 2.24) is 25.0 Å². The molecule has 24 heavy (non-hydrogen) atoms. The maximum absolute atomic E-state index is 4.53. The summed E-state index contributed by atoms with van der Waals surface area (Å²) in [5.41, 5.74) is 2.61. The molecule has 0 saturated heterocycles. The number of nitrogens with zero attached hydrogens (tertiary/aromatic N) is 5. The van der Waals surface area contributed by atoms with Crippen molar-refractivity contribution in [3.63, 3.8) is 0 Å². The highest BCUT2D eigenvalue weighted by atomic mass is 32.1. The number of fused-ring (bicyclic) bond motifs is 1. The summed E-state index contributed by atoms with van der Waals surface area (Å²) >= 11 is 1.71. The Balaban J connectivity index is 1.66. The number of aryl methyl sites for hydroxylation is 1. The van der Waals surface area contributed by atoms with Crippen molar-refractivity contribution in [3.8, 4) is 0 Å². The molecule has 4 aromatic rings. The van der Waals surface area contributed by atoms with Gasteiger partial charge in [-0.2, -0.15) is 0 Å². The number of benzene rings is 1. The highest BCUT2D eigenvalue weighted by Crippen LogP contribution is 2.20. The molecule has 0 fully saturated rings. The van der Waals surface area contributed by atoms with Crippen molar-refractivity contribution in [2.24, 2.45) is 0 Å². The van der Waals surface area contributed by atoms with Gasteiger partial charge in [0.15, 0.2) is 17.0 Å². The Labute approximate surface area is 143 Å². The van der Waals surface area contributed by atoms with Crippen molar-refractivity contribution in [2.45, 2.75) is 20.0 Å². The molecule has 0 amide bonds. The number of rotatable bonds is 5. The largest absolute Gasteiger partial charge is 0.363 e. The Morgan fingerprint density at radius 2 is 1.96 bits per heavy atom. The van der Waals surface area contributed by atoms with Gasteiger partial charge in [0.05, 0.1) is 13.1 Å². The van der Waals surface area contributed by atoms with Crippen LogP contribution in [0.15, 0.2) is 47.8 Å². The lowest BCUT2D eigenvalue weighted by Crippen LogP contribution is -2.06. The van der Waals surface area contributed by atoms with Gasteiger partial charge in [0.2, 0.25) is 0 Å². The highest BCUT2D eigenvalue weighted by Gasteiger charge is 2.13. The van der Waals surface area contributed by atoms with Crippen LogP contribution in [0.1, 0.15) is 16.3 Å². The third-order valence-corrected chi connectivity index (χ3v) is 4.54. The average molecular weight is 336 g/mol. The Morgan fingerprint density at radius 3 is 2.75 bits per heavy atom. The molecule has 1 aromatic carbocycles. The van der Waals surface area contributed by atoms with Gasteiger partial charge >= 0.3 is 0 Å². The van der Waals surface area contributed by atoms with Crippen LogP contribution >= 0.6 is 11.3 Å². The number of anilines is 1. The molecule has 0 unspecified atom stereocenters. The molecule has 7 heteroatoms. The van der Waals surface area contributed by atoms with Crippen LogP contribution in [0.25, 0.3) is 11.2 Å². The van der Waals surface area contributed by atoms with E-state index in [9.17, 15) is 0 Å². The summed E-state index contributed by atoms with van der Waals surface area (Å²) in [5, 5.41) is 14.0. The lowest BCUT2D eigenvalue weighted by atomic mass is 10.2. The van der Waals surface area contributed by atoms with E-state index >= 15 is 0 Å². The maximum Gasteiger partial charge on any atom is 0.184 e. The van der Waals surface area contributed by atoms with Crippen LogP contribution in [0.4, 0.5) is 5.82 Å². The second kappa shape index (κ2) is 6.37. The predicted octanol–water partition coefficient (Wildman–Crippen LogP) is 3.25. The SMILES string of the molecule is Cc1nc(NCc2cccs2)c2nnn(Cc3ccccc3)c2n1. The molecule has 1 N–H and O–H groups in total. The molecule has 0 aliphatic carbocycles. The number of hydrogen-bond acceptors (Lipinski definition) is 6. The van der Waals surface area contributed by atoms with Crippen molar-refractivity contribution in [1.29, 1.82) is 0 Å². The molecular formula is C17H16N6S. The molecule has 4 rings (SSSR count). The van der Waals surface area contributed by atoms with E-state index in [-0.39, 0.29) is 0 Å². The van der Waals surface area contributed by atoms with E-state index in [0.717, 1.165) is 23.6 Å². The van der Waals surface area contributed by atoms with E-state index in [1.54, 1.807) is 11.3 Å². The first-order valence-corrected chi connectivity index (χ1v) is 8.55. The topological polar surface area (TPSA) is 68.5 Å². The molecule has 0 spiro atoms. The zero-order chi connectivity index (χ0) is 16.4. The third kappa shape index (κ3) is 2.98. The predicted molar refractivity (Wildman–Crippen MR) is 95.0 cm³/mol. The Hall–Kier alpha value is -2.80. The highest BCUT2D eigenvalue weighted by molar-refractivity contribution is 7.09. The minimum Gasteiger partial charge on any atom is -0.363 e. The van der Waals surface area contributed by atoms with Crippen LogP contribution in [0.5, 0.6) is 0 Å². The molecule has 0 bridgehead atoms. The molecule has 0 saturated carbocycles. The monoisotopic (exact) mass is 336 g/mol. The van der Waals surface area contributed by atoms with Crippen LogP contribution in [-0.2, 0) is 13.1 Å². The van der Waals surface area contributed by atoms with Gasteiger partial charge in [0.25, 0.3) is 0 Å². The zero-order valence-electron chi connectivity index (χ0n) is 13.2. The summed E-state index contributed by atoms with van der Waals surface area (Å²) in [6, 6.07) is 14.3. The molecule has 0 atom stereocenters. The number of hydrogen-bond donors (Lipinski definition) is 1. The summed E-state index contributed by atoms with van der Waals surface area (Å²) < 4.78 is 1.82. The Kier molecular flexibility index (Phi) is 3.92. The van der Waals surface area contributed by atoms with Crippen molar-refractivity contribution in [2.75, 3.05) is 5.32 Å². The van der Waals surface area contributed by atoms with Gasteiger partial charge in [-0.3, -0.25) is 0 Å². The molecule has 3 aromatic heterocycles. The number of aromatic nitrogens is 5. The fourth-order valence-corrected chi connectivity index (χ4v) is 3.18. The fourth-order valence-electron chi connectivity index (χ4n) is 2.54. The second-order valence-electron chi connectivity index (χ2n) is 5.46. The lowest BCUT2D eigenvalue weighted by molar-refractivity contribution is 0.663. The first-order chi connectivity index (χ1) is 11.8. The average Bonchev–Trinajstić information content (AvgIpc) is 3.24. The molecule has 120 valence electrons. The first kappa shape index (κ1) is 14.8. The molecule has 0 radical (unpaired) electrons. The summed E-state index contributed by atoms with van der Waals surface area (Å²) in [6.45, 7) is 3.24.